The van der Waals surface area contributed by atoms with Gasteiger partial charge in [-0.2, -0.15) is 0 Å². The molecule has 0 saturated heterocycles. The SMILES string of the molecule is C=C(C)C(C)=C(C)C(C)CC(C)CCC. The van der Waals surface area contributed by atoms with Gasteiger partial charge in [-0.05, 0) is 44.6 Å². The van der Waals surface area contributed by atoms with Crippen molar-refractivity contribution < 1.29 is 0 Å². The molecule has 15 heavy (non-hydrogen) atoms. The molecule has 0 heteroatoms. The average molecular weight is 208 g/mol. The van der Waals surface area contributed by atoms with Gasteiger partial charge in [0.2, 0.25) is 0 Å². The molecule has 0 aromatic heterocycles. The molecule has 0 fully saturated rings. The molecule has 0 aliphatic rings. The molecule has 0 aromatic carbocycles. The Balaban J connectivity index is 4.38. The van der Waals surface area contributed by atoms with Crippen LogP contribution in [0.2, 0.25) is 0 Å². The zero-order valence-corrected chi connectivity index (χ0v) is 11.5. The van der Waals surface area contributed by atoms with Crippen molar-refractivity contribution in [2.24, 2.45) is 11.8 Å². The monoisotopic (exact) mass is 208 g/mol. The summed E-state index contributed by atoms with van der Waals surface area (Å²) in [5.41, 5.74) is 4.12. The fourth-order valence-electron chi connectivity index (χ4n) is 2.10. The van der Waals surface area contributed by atoms with Gasteiger partial charge >= 0.3 is 0 Å². The molecular formula is C15H28. The maximum Gasteiger partial charge on any atom is -0.0226 e. The highest BCUT2D eigenvalue weighted by molar-refractivity contribution is 5.29. The molecule has 0 rings (SSSR count). The molecular weight excluding hydrogens is 180 g/mol. The lowest BCUT2D eigenvalue weighted by atomic mass is 9.86. The summed E-state index contributed by atoms with van der Waals surface area (Å²) in [6.07, 6.45) is 3.96. The van der Waals surface area contributed by atoms with Crippen molar-refractivity contribution in [1.82, 2.24) is 0 Å². The van der Waals surface area contributed by atoms with Crippen molar-refractivity contribution in [3.05, 3.63) is 23.3 Å². The van der Waals surface area contributed by atoms with E-state index in [2.05, 4.69) is 48.1 Å². The first-order valence-corrected chi connectivity index (χ1v) is 6.23. The van der Waals surface area contributed by atoms with E-state index in [9.17, 15) is 0 Å². The summed E-state index contributed by atoms with van der Waals surface area (Å²) in [6.45, 7) is 17.5. The maximum absolute atomic E-state index is 4.02. The molecule has 0 radical (unpaired) electrons. The van der Waals surface area contributed by atoms with E-state index in [0.717, 1.165) is 5.92 Å². The van der Waals surface area contributed by atoms with Crippen LogP contribution in [-0.4, -0.2) is 0 Å². The van der Waals surface area contributed by atoms with Crippen LogP contribution < -0.4 is 0 Å². The number of hydrogen-bond donors (Lipinski definition) is 0. The van der Waals surface area contributed by atoms with Gasteiger partial charge in [-0.1, -0.05) is 51.3 Å². The minimum atomic E-state index is 0.697. The number of rotatable bonds is 6. The molecule has 0 N–H and O–H groups in total. The van der Waals surface area contributed by atoms with E-state index in [1.807, 2.05) is 0 Å². The molecule has 0 aliphatic heterocycles. The normalized spacial score (nSPS) is 16.9. The Kier molecular flexibility index (Phi) is 6.63. The Hall–Kier alpha value is -0.520. The molecule has 0 aromatic rings. The molecule has 2 unspecified atom stereocenters. The van der Waals surface area contributed by atoms with Gasteiger partial charge in [0.25, 0.3) is 0 Å². The van der Waals surface area contributed by atoms with Gasteiger partial charge in [0.05, 0.1) is 0 Å². The standard InChI is InChI=1S/C15H28/c1-8-9-12(4)10-13(5)15(7)14(6)11(2)3/h12-13H,2,8-10H2,1,3-7H3. The fraction of sp³-hybridized carbons (Fsp3) is 0.733. The number of hydrogen-bond acceptors (Lipinski definition) is 0. The summed E-state index contributed by atoms with van der Waals surface area (Å²) in [4.78, 5) is 0. The summed E-state index contributed by atoms with van der Waals surface area (Å²) in [7, 11) is 0. The molecule has 0 aliphatic carbocycles. The first-order valence-electron chi connectivity index (χ1n) is 6.23. The van der Waals surface area contributed by atoms with E-state index in [4.69, 9.17) is 0 Å². The highest BCUT2D eigenvalue weighted by Crippen LogP contribution is 2.26. The van der Waals surface area contributed by atoms with E-state index in [0.29, 0.717) is 5.92 Å². The zero-order valence-electron chi connectivity index (χ0n) is 11.5. The van der Waals surface area contributed by atoms with Crippen LogP contribution in [0.15, 0.2) is 23.3 Å². The van der Waals surface area contributed by atoms with Crippen LogP contribution in [0.5, 0.6) is 0 Å². The van der Waals surface area contributed by atoms with E-state index in [-0.39, 0.29) is 0 Å². The van der Waals surface area contributed by atoms with E-state index in [1.54, 1.807) is 0 Å². The molecule has 0 spiro atoms. The summed E-state index contributed by atoms with van der Waals surface area (Å²) in [5, 5.41) is 0. The molecule has 0 bridgehead atoms. The van der Waals surface area contributed by atoms with Gasteiger partial charge in [-0.15, -0.1) is 0 Å². The molecule has 0 heterocycles. The van der Waals surface area contributed by atoms with E-state index < -0.39 is 0 Å². The third-order valence-corrected chi connectivity index (χ3v) is 3.51. The van der Waals surface area contributed by atoms with Crippen LogP contribution in [0.25, 0.3) is 0 Å². The second-order valence-electron chi connectivity index (χ2n) is 5.12. The van der Waals surface area contributed by atoms with Crippen molar-refractivity contribution >= 4 is 0 Å². The van der Waals surface area contributed by atoms with Crippen molar-refractivity contribution in [1.29, 1.82) is 0 Å². The van der Waals surface area contributed by atoms with Gasteiger partial charge in [-0.3, -0.25) is 0 Å². The van der Waals surface area contributed by atoms with Crippen LogP contribution in [0.3, 0.4) is 0 Å². The van der Waals surface area contributed by atoms with Crippen molar-refractivity contribution in [2.75, 3.05) is 0 Å². The number of allylic oxidation sites excluding steroid dienone is 3. The highest BCUT2D eigenvalue weighted by Gasteiger charge is 2.11. The first kappa shape index (κ1) is 14.5. The smallest absolute Gasteiger partial charge is 0.0226 e. The van der Waals surface area contributed by atoms with Crippen LogP contribution in [0.1, 0.15) is 60.8 Å². The van der Waals surface area contributed by atoms with Crippen molar-refractivity contribution in [3.63, 3.8) is 0 Å². The third-order valence-electron chi connectivity index (χ3n) is 3.51. The van der Waals surface area contributed by atoms with Crippen LogP contribution in [0.4, 0.5) is 0 Å². The van der Waals surface area contributed by atoms with Crippen LogP contribution >= 0.6 is 0 Å². The first-order chi connectivity index (χ1) is 6.90. The Morgan fingerprint density at radius 1 is 1.13 bits per heavy atom. The lowest BCUT2D eigenvalue weighted by Crippen LogP contribution is -2.06. The molecule has 0 amide bonds. The third kappa shape index (κ3) is 5.20. The minimum absolute atomic E-state index is 0.697. The predicted molar refractivity (Wildman–Crippen MR) is 71.0 cm³/mol. The summed E-state index contributed by atoms with van der Waals surface area (Å²) in [5.74, 6) is 1.54. The topological polar surface area (TPSA) is 0 Å². The Morgan fingerprint density at radius 3 is 2.07 bits per heavy atom. The predicted octanol–water partition coefficient (Wildman–Crippen LogP) is 5.36. The molecule has 0 nitrogen and oxygen atoms in total. The second-order valence-corrected chi connectivity index (χ2v) is 5.12. The quantitative estimate of drug-likeness (QED) is 0.515. The van der Waals surface area contributed by atoms with Crippen molar-refractivity contribution in [3.8, 4) is 0 Å². The lowest BCUT2D eigenvalue weighted by molar-refractivity contribution is 0.422. The zero-order chi connectivity index (χ0) is 12.0. The van der Waals surface area contributed by atoms with Gasteiger partial charge < -0.3 is 0 Å². The van der Waals surface area contributed by atoms with Gasteiger partial charge in [0.15, 0.2) is 0 Å². The fourth-order valence-corrected chi connectivity index (χ4v) is 2.10. The molecule has 2 atom stereocenters. The van der Waals surface area contributed by atoms with Crippen LogP contribution in [-0.2, 0) is 0 Å². The largest absolute Gasteiger partial charge is 0.0959 e. The summed E-state index contributed by atoms with van der Waals surface area (Å²) in [6, 6.07) is 0. The van der Waals surface area contributed by atoms with Crippen molar-refractivity contribution in [2.45, 2.75) is 60.8 Å². The maximum atomic E-state index is 4.02. The summed E-state index contributed by atoms with van der Waals surface area (Å²) < 4.78 is 0. The molecule has 88 valence electrons. The minimum Gasteiger partial charge on any atom is -0.0959 e. The lowest BCUT2D eigenvalue weighted by Gasteiger charge is -2.19. The Bertz CT molecular complexity index is 232. The average Bonchev–Trinajstić information content (AvgIpc) is 2.15. The Labute approximate surface area is 96.5 Å². The Morgan fingerprint density at radius 2 is 1.67 bits per heavy atom. The molecule has 0 saturated carbocycles. The van der Waals surface area contributed by atoms with Gasteiger partial charge in [0.1, 0.15) is 0 Å². The van der Waals surface area contributed by atoms with Gasteiger partial charge in [0, 0.05) is 0 Å². The van der Waals surface area contributed by atoms with Crippen LogP contribution in [0, 0.1) is 11.8 Å². The second kappa shape index (κ2) is 6.87. The van der Waals surface area contributed by atoms with E-state index >= 15 is 0 Å². The van der Waals surface area contributed by atoms with E-state index in [1.165, 1.54) is 36.0 Å². The summed E-state index contributed by atoms with van der Waals surface area (Å²) >= 11 is 0. The van der Waals surface area contributed by atoms with Gasteiger partial charge in [-0.25, -0.2) is 0 Å². The highest BCUT2D eigenvalue weighted by atomic mass is 14.2.